The van der Waals surface area contributed by atoms with Crippen molar-refractivity contribution in [2.24, 2.45) is 0 Å². The summed E-state index contributed by atoms with van der Waals surface area (Å²) in [6, 6.07) is 10.2. The third-order valence-corrected chi connectivity index (χ3v) is 4.44. The van der Waals surface area contributed by atoms with Gasteiger partial charge in [-0.05, 0) is 77.4 Å². The fraction of sp³-hybridized carbons (Fsp3) is 0.235. The minimum absolute atomic E-state index is 0.0447. The fourth-order valence-electron chi connectivity index (χ4n) is 2.56. The summed E-state index contributed by atoms with van der Waals surface area (Å²) in [6.45, 7) is 1.63. The Morgan fingerprint density at radius 3 is 2.36 bits per heavy atom. The van der Waals surface area contributed by atoms with E-state index in [1.54, 1.807) is 36.4 Å². The summed E-state index contributed by atoms with van der Waals surface area (Å²) in [7, 11) is 0. The molecule has 2 aromatic rings. The van der Waals surface area contributed by atoms with Gasteiger partial charge in [-0.2, -0.15) is 0 Å². The van der Waals surface area contributed by atoms with E-state index < -0.39 is 5.91 Å². The van der Waals surface area contributed by atoms with Crippen molar-refractivity contribution in [1.29, 1.82) is 0 Å². The van der Waals surface area contributed by atoms with Crippen molar-refractivity contribution in [3.05, 3.63) is 52.4 Å². The Morgan fingerprint density at radius 1 is 1.08 bits per heavy atom. The van der Waals surface area contributed by atoms with Crippen LogP contribution in [0.2, 0.25) is 0 Å². The molecule has 1 aliphatic rings. The van der Waals surface area contributed by atoms with E-state index in [0.29, 0.717) is 15.9 Å². The van der Waals surface area contributed by atoms with Crippen LogP contribution in [-0.2, 0) is 0 Å². The Kier molecular flexibility index (Phi) is 5.50. The zero-order chi connectivity index (χ0) is 17.8. The summed E-state index contributed by atoms with van der Waals surface area (Å²) in [5, 5.41) is 5.59. The number of nitrogens with one attached hydrogen (secondary N) is 2. The van der Waals surface area contributed by atoms with Crippen LogP contribution in [0.1, 0.15) is 33.8 Å². The van der Waals surface area contributed by atoms with Gasteiger partial charge in [-0.1, -0.05) is 0 Å². The van der Waals surface area contributed by atoms with Gasteiger partial charge in [0.25, 0.3) is 11.8 Å². The van der Waals surface area contributed by atoms with E-state index >= 15 is 0 Å². The lowest BCUT2D eigenvalue weighted by Crippen LogP contribution is -2.33. The molecule has 0 bridgehead atoms. The van der Waals surface area contributed by atoms with Gasteiger partial charge in [0.05, 0.1) is 0 Å². The van der Waals surface area contributed by atoms with E-state index in [4.69, 9.17) is 16.6 Å². The smallest absolute Gasteiger partial charge is 0.293 e. The Morgan fingerprint density at radius 2 is 1.76 bits per heavy atom. The summed E-state index contributed by atoms with van der Waals surface area (Å²) >= 11 is 8.26. The van der Waals surface area contributed by atoms with Crippen molar-refractivity contribution >= 4 is 50.8 Å². The largest absolute Gasteiger partial charge is 0.444 e. The highest BCUT2D eigenvalue weighted by Crippen LogP contribution is 2.16. The van der Waals surface area contributed by atoms with Gasteiger partial charge in [-0.15, -0.1) is 0 Å². The van der Waals surface area contributed by atoms with E-state index in [1.807, 2.05) is 4.90 Å². The number of hydrogen-bond acceptors (Lipinski definition) is 4. The van der Waals surface area contributed by atoms with Crippen LogP contribution < -0.4 is 10.6 Å². The summed E-state index contributed by atoms with van der Waals surface area (Å²) in [5.74, 6) is -0.241. The SMILES string of the molecule is O=C(NC(=S)Nc1ccc(C(=O)N2CCCC2)cc1)c1ccc(Br)o1. The first-order chi connectivity index (χ1) is 12.0. The average molecular weight is 422 g/mol. The number of likely N-dealkylation sites (tertiary alicyclic amines) is 1. The van der Waals surface area contributed by atoms with Crippen molar-refractivity contribution < 1.29 is 14.0 Å². The highest BCUT2D eigenvalue weighted by Gasteiger charge is 2.19. The molecule has 2 N–H and O–H groups in total. The molecule has 3 rings (SSSR count). The zero-order valence-electron chi connectivity index (χ0n) is 13.3. The van der Waals surface area contributed by atoms with Crippen LogP contribution in [0.3, 0.4) is 0 Å². The number of carbonyl (C=O) groups excluding carboxylic acids is 2. The molecule has 1 aromatic heterocycles. The van der Waals surface area contributed by atoms with Crippen LogP contribution >= 0.6 is 28.1 Å². The number of benzene rings is 1. The Hall–Kier alpha value is -2.19. The first-order valence-electron chi connectivity index (χ1n) is 7.80. The maximum Gasteiger partial charge on any atom is 0.293 e. The van der Waals surface area contributed by atoms with Crippen LogP contribution in [0.25, 0.3) is 0 Å². The predicted molar refractivity (Wildman–Crippen MR) is 102 cm³/mol. The third-order valence-electron chi connectivity index (χ3n) is 3.81. The molecule has 25 heavy (non-hydrogen) atoms. The highest BCUT2D eigenvalue weighted by molar-refractivity contribution is 9.10. The Balaban J connectivity index is 1.56. The van der Waals surface area contributed by atoms with E-state index in [1.165, 1.54) is 0 Å². The molecular weight excluding hydrogens is 406 g/mol. The maximum absolute atomic E-state index is 12.3. The number of nitrogens with zero attached hydrogens (tertiary/aromatic N) is 1. The lowest BCUT2D eigenvalue weighted by molar-refractivity contribution is 0.0792. The van der Waals surface area contributed by atoms with Crippen molar-refractivity contribution in [1.82, 2.24) is 10.2 Å². The normalized spacial score (nSPS) is 13.6. The van der Waals surface area contributed by atoms with Crippen LogP contribution in [0, 0.1) is 0 Å². The predicted octanol–water partition coefficient (Wildman–Crippen LogP) is 3.40. The lowest BCUT2D eigenvalue weighted by Gasteiger charge is -2.15. The molecule has 0 unspecified atom stereocenters. The van der Waals surface area contributed by atoms with Crippen molar-refractivity contribution in [3.8, 4) is 0 Å². The third kappa shape index (κ3) is 4.46. The summed E-state index contributed by atoms with van der Waals surface area (Å²) in [4.78, 5) is 26.1. The van der Waals surface area contributed by atoms with Gasteiger partial charge in [0.2, 0.25) is 0 Å². The molecule has 2 heterocycles. The highest BCUT2D eigenvalue weighted by atomic mass is 79.9. The fourth-order valence-corrected chi connectivity index (χ4v) is 3.08. The monoisotopic (exact) mass is 421 g/mol. The average Bonchev–Trinajstić information content (AvgIpc) is 3.26. The quantitative estimate of drug-likeness (QED) is 0.742. The molecule has 2 amide bonds. The van der Waals surface area contributed by atoms with Gasteiger partial charge >= 0.3 is 0 Å². The van der Waals surface area contributed by atoms with Crippen molar-refractivity contribution in [2.45, 2.75) is 12.8 Å². The number of hydrogen-bond donors (Lipinski definition) is 2. The number of thiocarbonyl (C=S) groups is 1. The van der Waals surface area contributed by atoms with E-state index in [-0.39, 0.29) is 16.8 Å². The topological polar surface area (TPSA) is 74.6 Å². The molecule has 130 valence electrons. The molecule has 8 heteroatoms. The molecule has 0 aliphatic carbocycles. The first kappa shape index (κ1) is 17.6. The lowest BCUT2D eigenvalue weighted by atomic mass is 10.2. The van der Waals surface area contributed by atoms with Crippen LogP contribution in [0.4, 0.5) is 5.69 Å². The molecule has 0 atom stereocenters. The summed E-state index contributed by atoms with van der Waals surface area (Å²) in [6.07, 6.45) is 2.12. The minimum atomic E-state index is -0.441. The molecule has 0 spiro atoms. The molecule has 6 nitrogen and oxygen atoms in total. The van der Waals surface area contributed by atoms with Crippen LogP contribution in [0.15, 0.2) is 45.5 Å². The standard InChI is InChI=1S/C17H16BrN3O3S/c18-14-8-7-13(24-14)15(22)20-17(25)19-12-5-3-11(4-6-12)16(23)21-9-1-2-10-21/h3-8H,1-2,9-10H2,(H2,19,20,22,25). The van der Waals surface area contributed by atoms with Gasteiger partial charge in [0, 0.05) is 24.3 Å². The number of amides is 2. The maximum atomic E-state index is 12.3. The molecule has 1 aromatic carbocycles. The minimum Gasteiger partial charge on any atom is -0.444 e. The summed E-state index contributed by atoms with van der Waals surface area (Å²) < 4.78 is 5.63. The van der Waals surface area contributed by atoms with E-state index in [2.05, 4.69) is 26.6 Å². The van der Waals surface area contributed by atoms with Gasteiger partial charge in [-0.3, -0.25) is 14.9 Å². The van der Waals surface area contributed by atoms with Crippen molar-refractivity contribution in [3.63, 3.8) is 0 Å². The second-order valence-corrected chi connectivity index (χ2v) is 6.78. The summed E-state index contributed by atoms with van der Waals surface area (Å²) in [5.41, 5.74) is 1.33. The molecule has 1 saturated heterocycles. The Labute approximate surface area is 158 Å². The first-order valence-corrected chi connectivity index (χ1v) is 9.00. The van der Waals surface area contributed by atoms with Crippen LogP contribution in [0.5, 0.6) is 0 Å². The number of carbonyl (C=O) groups is 2. The molecule has 1 aliphatic heterocycles. The molecule has 0 radical (unpaired) electrons. The van der Waals surface area contributed by atoms with E-state index in [9.17, 15) is 9.59 Å². The van der Waals surface area contributed by atoms with Gasteiger partial charge in [0.1, 0.15) is 0 Å². The zero-order valence-corrected chi connectivity index (χ0v) is 15.7. The number of rotatable bonds is 3. The molecule has 1 fully saturated rings. The Bertz CT molecular complexity index is 798. The van der Waals surface area contributed by atoms with Crippen LogP contribution in [-0.4, -0.2) is 34.9 Å². The van der Waals surface area contributed by atoms with Gasteiger partial charge in [-0.25, -0.2) is 0 Å². The van der Waals surface area contributed by atoms with Gasteiger partial charge < -0.3 is 14.6 Å². The number of anilines is 1. The number of furan rings is 1. The van der Waals surface area contributed by atoms with E-state index in [0.717, 1.165) is 25.9 Å². The second-order valence-electron chi connectivity index (χ2n) is 5.59. The molecule has 0 saturated carbocycles. The molecular formula is C17H16BrN3O3S. The van der Waals surface area contributed by atoms with Crippen molar-refractivity contribution in [2.75, 3.05) is 18.4 Å². The number of halogens is 1. The van der Waals surface area contributed by atoms with Gasteiger partial charge in [0.15, 0.2) is 15.5 Å². The second kappa shape index (κ2) is 7.79.